The van der Waals surface area contributed by atoms with Crippen LogP contribution in [0.15, 0.2) is 29.3 Å². The molecule has 0 unspecified atom stereocenters. The lowest BCUT2D eigenvalue weighted by atomic mass is 10.3. The molecule has 0 aliphatic heterocycles. The van der Waals surface area contributed by atoms with Gasteiger partial charge in [-0.15, -0.1) is 0 Å². The Morgan fingerprint density at radius 3 is 2.53 bits per heavy atom. The second-order valence-corrected chi connectivity index (χ2v) is 3.25. The van der Waals surface area contributed by atoms with Crippen LogP contribution in [0.1, 0.15) is 33.7 Å². The fraction of sp³-hybridized carbons (Fsp3) is 0.455. The van der Waals surface area contributed by atoms with E-state index < -0.39 is 0 Å². The zero-order valence-electron chi connectivity index (χ0n) is 9.64. The van der Waals surface area contributed by atoms with Crippen LogP contribution >= 0.6 is 0 Å². The van der Waals surface area contributed by atoms with Crippen molar-refractivity contribution in [3.8, 4) is 0 Å². The first-order valence-electron chi connectivity index (χ1n) is 5.25. The lowest BCUT2D eigenvalue weighted by Gasteiger charge is -2.10. The first-order valence-corrected chi connectivity index (χ1v) is 5.25. The van der Waals surface area contributed by atoms with E-state index in [2.05, 4.69) is 5.10 Å². The Labute approximate surface area is 89.2 Å². The zero-order valence-corrected chi connectivity index (χ0v) is 9.64. The van der Waals surface area contributed by atoms with Gasteiger partial charge in [0.2, 0.25) is 0 Å². The summed E-state index contributed by atoms with van der Waals surface area (Å²) in [6.07, 6.45) is 3.37. The van der Waals surface area contributed by atoms with Crippen molar-refractivity contribution in [2.75, 3.05) is 0 Å². The molecule has 0 aliphatic rings. The Kier molecular flexibility index (Phi) is 3.66. The number of fused-ring (bicyclic) bond motifs is 1. The van der Waals surface area contributed by atoms with Gasteiger partial charge in [0.1, 0.15) is 5.65 Å². The average Bonchev–Trinajstić information content (AvgIpc) is 2.67. The van der Waals surface area contributed by atoms with Crippen LogP contribution in [0.2, 0.25) is 0 Å². The highest BCUT2D eigenvalue weighted by Crippen LogP contribution is 2.06. The molecule has 2 aromatic heterocycles. The van der Waals surface area contributed by atoms with E-state index in [1.54, 1.807) is 21.5 Å². The highest BCUT2D eigenvalue weighted by Gasteiger charge is 2.05. The fourth-order valence-corrected chi connectivity index (χ4v) is 1.46. The van der Waals surface area contributed by atoms with E-state index in [1.807, 2.05) is 33.8 Å². The van der Waals surface area contributed by atoms with Gasteiger partial charge in [-0.1, -0.05) is 13.8 Å². The Hall–Kier alpha value is -1.58. The lowest BCUT2D eigenvalue weighted by Crippen LogP contribution is -2.22. The zero-order chi connectivity index (χ0) is 11.4. The molecule has 2 heterocycles. The van der Waals surface area contributed by atoms with Gasteiger partial charge in [-0.3, -0.25) is 9.36 Å². The largest absolute Gasteiger partial charge is 0.291 e. The molecule has 0 spiro atoms. The number of rotatable bonds is 1. The third-order valence-corrected chi connectivity index (χ3v) is 2.01. The highest BCUT2D eigenvalue weighted by molar-refractivity contribution is 5.37. The molecule has 0 fully saturated rings. The molecule has 0 N–H and O–H groups in total. The van der Waals surface area contributed by atoms with E-state index in [9.17, 15) is 4.79 Å². The highest BCUT2D eigenvalue weighted by atomic mass is 16.1. The Morgan fingerprint density at radius 1 is 1.27 bits per heavy atom. The Bertz CT molecular complexity index is 482. The molecule has 0 saturated heterocycles. The molecular weight excluding hydrogens is 190 g/mol. The molecular formula is C11H17N3O. The summed E-state index contributed by atoms with van der Waals surface area (Å²) in [5.41, 5.74) is 0.852. The van der Waals surface area contributed by atoms with Gasteiger partial charge in [-0.2, -0.15) is 5.10 Å². The van der Waals surface area contributed by atoms with Crippen molar-refractivity contribution in [2.45, 2.75) is 33.7 Å². The van der Waals surface area contributed by atoms with E-state index >= 15 is 0 Å². The van der Waals surface area contributed by atoms with Gasteiger partial charge in [0.25, 0.3) is 5.56 Å². The van der Waals surface area contributed by atoms with Crippen LogP contribution in [0.25, 0.3) is 5.65 Å². The Balaban J connectivity index is 0.000000531. The van der Waals surface area contributed by atoms with Crippen LogP contribution in [0, 0.1) is 0 Å². The van der Waals surface area contributed by atoms with Crippen molar-refractivity contribution in [3.63, 3.8) is 0 Å². The molecule has 4 heteroatoms. The van der Waals surface area contributed by atoms with Crippen molar-refractivity contribution in [1.29, 1.82) is 0 Å². The maximum Gasteiger partial charge on any atom is 0.253 e. The minimum atomic E-state index is 0.0167. The number of nitrogens with zero attached hydrogens (tertiary/aromatic N) is 3. The third kappa shape index (κ3) is 2.09. The summed E-state index contributed by atoms with van der Waals surface area (Å²) in [6.45, 7) is 7.96. The SMILES string of the molecule is CC.CC(C)n1c(=O)ccn2nccc12. The first kappa shape index (κ1) is 11.5. The number of hydrogen-bond acceptors (Lipinski definition) is 2. The van der Waals surface area contributed by atoms with Crippen LogP contribution < -0.4 is 5.56 Å². The van der Waals surface area contributed by atoms with E-state index in [0.717, 1.165) is 5.65 Å². The summed E-state index contributed by atoms with van der Waals surface area (Å²) in [7, 11) is 0. The van der Waals surface area contributed by atoms with Crippen LogP contribution in [0.5, 0.6) is 0 Å². The van der Waals surface area contributed by atoms with Crippen molar-refractivity contribution < 1.29 is 0 Å². The normalized spacial score (nSPS) is 10.2. The molecule has 0 saturated carbocycles. The van der Waals surface area contributed by atoms with E-state index in [1.165, 1.54) is 6.07 Å². The lowest BCUT2D eigenvalue weighted by molar-refractivity contribution is 0.585. The Morgan fingerprint density at radius 2 is 1.93 bits per heavy atom. The molecule has 4 nitrogen and oxygen atoms in total. The summed E-state index contributed by atoms with van der Waals surface area (Å²) in [6, 6.07) is 3.52. The topological polar surface area (TPSA) is 39.3 Å². The van der Waals surface area contributed by atoms with E-state index in [-0.39, 0.29) is 11.6 Å². The smallest absolute Gasteiger partial charge is 0.253 e. The number of hydrogen-bond donors (Lipinski definition) is 0. The van der Waals surface area contributed by atoms with Gasteiger partial charge in [0.15, 0.2) is 0 Å². The molecule has 0 atom stereocenters. The van der Waals surface area contributed by atoms with E-state index in [0.29, 0.717) is 0 Å². The molecule has 2 rings (SSSR count). The predicted molar refractivity (Wildman–Crippen MR) is 61.2 cm³/mol. The van der Waals surface area contributed by atoms with Gasteiger partial charge in [0, 0.05) is 24.4 Å². The van der Waals surface area contributed by atoms with Gasteiger partial charge in [0.05, 0.1) is 6.20 Å². The number of aromatic nitrogens is 3. The standard InChI is InChI=1S/C9H11N3O.C2H6/c1-7(2)12-8-3-5-10-11(8)6-4-9(12)13;1-2/h3-7H,1-2H3;1-2H3. The predicted octanol–water partition coefficient (Wildman–Crippen LogP) is 2.10. The van der Waals surface area contributed by atoms with Gasteiger partial charge >= 0.3 is 0 Å². The maximum atomic E-state index is 11.5. The third-order valence-electron chi connectivity index (χ3n) is 2.01. The molecule has 0 aromatic carbocycles. The van der Waals surface area contributed by atoms with E-state index in [4.69, 9.17) is 0 Å². The van der Waals surface area contributed by atoms with Crippen molar-refractivity contribution in [2.24, 2.45) is 0 Å². The van der Waals surface area contributed by atoms with Crippen LogP contribution in [-0.4, -0.2) is 14.2 Å². The monoisotopic (exact) mass is 207 g/mol. The summed E-state index contributed by atoms with van der Waals surface area (Å²) in [5.74, 6) is 0. The van der Waals surface area contributed by atoms with Crippen LogP contribution in [0.4, 0.5) is 0 Å². The quantitative estimate of drug-likeness (QED) is 0.718. The van der Waals surface area contributed by atoms with Crippen LogP contribution in [0.3, 0.4) is 0 Å². The summed E-state index contributed by atoms with van der Waals surface area (Å²) in [4.78, 5) is 11.5. The summed E-state index contributed by atoms with van der Waals surface area (Å²) in [5, 5.41) is 4.06. The van der Waals surface area contributed by atoms with Crippen molar-refractivity contribution in [3.05, 3.63) is 34.9 Å². The van der Waals surface area contributed by atoms with Gasteiger partial charge < -0.3 is 0 Å². The van der Waals surface area contributed by atoms with Crippen molar-refractivity contribution >= 4 is 5.65 Å². The molecule has 0 radical (unpaired) electrons. The van der Waals surface area contributed by atoms with Crippen molar-refractivity contribution in [1.82, 2.24) is 14.2 Å². The second-order valence-electron chi connectivity index (χ2n) is 3.25. The fourth-order valence-electron chi connectivity index (χ4n) is 1.46. The molecule has 82 valence electrons. The minimum absolute atomic E-state index is 0.0167. The molecule has 15 heavy (non-hydrogen) atoms. The maximum absolute atomic E-state index is 11.5. The molecule has 2 aromatic rings. The molecule has 0 bridgehead atoms. The van der Waals surface area contributed by atoms with Crippen LogP contribution in [-0.2, 0) is 0 Å². The second kappa shape index (κ2) is 4.77. The minimum Gasteiger partial charge on any atom is -0.291 e. The summed E-state index contributed by atoms with van der Waals surface area (Å²) >= 11 is 0. The molecule has 0 amide bonds. The summed E-state index contributed by atoms with van der Waals surface area (Å²) < 4.78 is 3.41. The van der Waals surface area contributed by atoms with Gasteiger partial charge in [-0.05, 0) is 13.8 Å². The molecule has 0 aliphatic carbocycles. The average molecular weight is 207 g/mol. The first-order chi connectivity index (χ1) is 7.20. The van der Waals surface area contributed by atoms with Gasteiger partial charge in [-0.25, -0.2) is 4.52 Å².